The summed E-state index contributed by atoms with van der Waals surface area (Å²) in [7, 11) is -3.85. The van der Waals surface area contributed by atoms with Gasteiger partial charge in [-0.15, -0.1) is 0 Å². The Kier molecular flexibility index (Phi) is 4.53. The predicted octanol–water partition coefficient (Wildman–Crippen LogP) is 3.47. The highest BCUT2D eigenvalue weighted by Crippen LogP contribution is 2.27. The minimum absolute atomic E-state index is 0.105. The van der Waals surface area contributed by atoms with E-state index in [1.165, 1.54) is 12.1 Å². The molecule has 21 heavy (non-hydrogen) atoms. The SMILES string of the molecule is CCOc1ccc(S(=O)(=O)Oc2c(C)cccc2C)cc1. The minimum Gasteiger partial charge on any atom is -0.494 e. The second-order valence-electron chi connectivity index (χ2n) is 4.66. The Morgan fingerprint density at radius 2 is 1.52 bits per heavy atom. The monoisotopic (exact) mass is 306 g/mol. The Labute approximate surface area is 125 Å². The van der Waals surface area contributed by atoms with Gasteiger partial charge in [0.05, 0.1) is 6.61 Å². The van der Waals surface area contributed by atoms with E-state index in [0.29, 0.717) is 18.1 Å². The van der Waals surface area contributed by atoms with E-state index in [4.69, 9.17) is 8.92 Å². The second kappa shape index (κ2) is 6.18. The number of hydrogen-bond acceptors (Lipinski definition) is 4. The van der Waals surface area contributed by atoms with E-state index in [0.717, 1.165) is 11.1 Å². The summed E-state index contributed by atoms with van der Waals surface area (Å²) < 4.78 is 35.2. The van der Waals surface area contributed by atoms with Crippen LogP contribution in [0.15, 0.2) is 47.4 Å². The standard InChI is InChI=1S/C16H18O4S/c1-4-19-14-8-10-15(11-9-14)21(17,18)20-16-12(2)6-5-7-13(16)3/h5-11H,4H2,1-3H3. The third kappa shape index (κ3) is 3.55. The third-order valence-corrected chi connectivity index (χ3v) is 4.26. The molecular formula is C16H18O4S. The number of benzene rings is 2. The first-order valence-corrected chi connectivity index (χ1v) is 8.08. The highest BCUT2D eigenvalue weighted by atomic mass is 32.2. The molecule has 0 bridgehead atoms. The molecule has 0 amide bonds. The Morgan fingerprint density at radius 1 is 0.952 bits per heavy atom. The molecule has 4 nitrogen and oxygen atoms in total. The molecule has 2 aromatic carbocycles. The zero-order valence-corrected chi connectivity index (χ0v) is 13.1. The van der Waals surface area contributed by atoms with Crippen LogP contribution in [-0.2, 0) is 10.1 Å². The molecule has 2 aromatic rings. The van der Waals surface area contributed by atoms with E-state index in [1.54, 1.807) is 12.1 Å². The molecule has 0 aromatic heterocycles. The fraction of sp³-hybridized carbons (Fsp3) is 0.250. The molecule has 0 aliphatic carbocycles. The Hall–Kier alpha value is -2.01. The molecule has 0 N–H and O–H groups in total. The van der Waals surface area contributed by atoms with Gasteiger partial charge in [0.2, 0.25) is 0 Å². The van der Waals surface area contributed by atoms with E-state index in [-0.39, 0.29) is 4.90 Å². The van der Waals surface area contributed by atoms with Crippen molar-refractivity contribution in [3.8, 4) is 11.5 Å². The molecule has 0 saturated heterocycles. The normalized spacial score (nSPS) is 11.2. The molecule has 0 radical (unpaired) electrons. The van der Waals surface area contributed by atoms with Gasteiger partial charge in [-0.05, 0) is 56.2 Å². The summed E-state index contributed by atoms with van der Waals surface area (Å²) in [5, 5.41) is 0. The van der Waals surface area contributed by atoms with E-state index in [9.17, 15) is 8.42 Å². The van der Waals surface area contributed by atoms with Crippen molar-refractivity contribution in [1.82, 2.24) is 0 Å². The van der Waals surface area contributed by atoms with E-state index < -0.39 is 10.1 Å². The summed E-state index contributed by atoms with van der Waals surface area (Å²) in [5.74, 6) is 1.01. The first kappa shape index (κ1) is 15.4. The molecule has 0 fully saturated rings. The Bertz CT molecular complexity index is 698. The van der Waals surface area contributed by atoms with Gasteiger partial charge in [0, 0.05) is 0 Å². The second-order valence-corrected chi connectivity index (χ2v) is 6.21. The smallest absolute Gasteiger partial charge is 0.339 e. The molecule has 0 aliphatic heterocycles. The van der Waals surface area contributed by atoms with Gasteiger partial charge in [-0.1, -0.05) is 18.2 Å². The molecule has 5 heteroatoms. The predicted molar refractivity (Wildman–Crippen MR) is 81.3 cm³/mol. The van der Waals surface area contributed by atoms with Crippen molar-refractivity contribution in [3.63, 3.8) is 0 Å². The summed E-state index contributed by atoms with van der Waals surface area (Å²) in [4.78, 5) is 0.105. The van der Waals surface area contributed by atoms with Crippen LogP contribution in [0, 0.1) is 13.8 Å². The summed E-state index contributed by atoms with van der Waals surface area (Å²) in [5.41, 5.74) is 1.56. The molecule has 0 heterocycles. The first-order valence-electron chi connectivity index (χ1n) is 6.67. The first-order chi connectivity index (χ1) is 9.94. The van der Waals surface area contributed by atoms with Gasteiger partial charge in [0.15, 0.2) is 0 Å². The molecule has 0 atom stereocenters. The molecule has 0 aliphatic rings. The fourth-order valence-corrected chi connectivity index (χ4v) is 3.01. The third-order valence-electron chi connectivity index (χ3n) is 3.03. The number of aryl methyl sites for hydroxylation is 2. The van der Waals surface area contributed by atoms with Crippen molar-refractivity contribution >= 4 is 10.1 Å². The molecule has 112 valence electrons. The lowest BCUT2D eigenvalue weighted by Gasteiger charge is -2.12. The van der Waals surface area contributed by atoms with E-state index >= 15 is 0 Å². The van der Waals surface area contributed by atoms with Gasteiger partial charge in [-0.25, -0.2) is 0 Å². The maximum Gasteiger partial charge on any atom is 0.339 e. The van der Waals surface area contributed by atoms with Crippen molar-refractivity contribution in [2.75, 3.05) is 6.61 Å². The van der Waals surface area contributed by atoms with Crippen LogP contribution in [0.5, 0.6) is 11.5 Å². The molecule has 0 spiro atoms. The zero-order chi connectivity index (χ0) is 15.5. The summed E-state index contributed by atoms with van der Waals surface area (Å²) in [6.07, 6.45) is 0. The summed E-state index contributed by atoms with van der Waals surface area (Å²) in [6.45, 7) is 6.03. The molecule has 0 unspecified atom stereocenters. The highest BCUT2D eigenvalue weighted by molar-refractivity contribution is 7.87. The average molecular weight is 306 g/mol. The van der Waals surface area contributed by atoms with Gasteiger partial charge in [-0.3, -0.25) is 0 Å². The van der Waals surface area contributed by atoms with Crippen LogP contribution in [0.2, 0.25) is 0 Å². The van der Waals surface area contributed by atoms with Crippen molar-refractivity contribution < 1.29 is 17.3 Å². The maximum atomic E-state index is 12.3. The number of rotatable bonds is 5. The highest BCUT2D eigenvalue weighted by Gasteiger charge is 2.19. The van der Waals surface area contributed by atoms with Crippen molar-refractivity contribution in [1.29, 1.82) is 0 Å². The van der Waals surface area contributed by atoms with E-state index in [2.05, 4.69) is 0 Å². The largest absolute Gasteiger partial charge is 0.494 e. The van der Waals surface area contributed by atoms with E-state index in [1.807, 2.05) is 39.0 Å². The topological polar surface area (TPSA) is 52.6 Å². The average Bonchev–Trinajstić information content (AvgIpc) is 2.44. The lowest BCUT2D eigenvalue weighted by Crippen LogP contribution is -2.11. The van der Waals surface area contributed by atoms with Crippen molar-refractivity contribution in [2.45, 2.75) is 25.7 Å². The van der Waals surface area contributed by atoms with Crippen molar-refractivity contribution in [2.24, 2.45) is 0 Å². The zero-order valence-electron chi connectivity index (χ0n) is 12.3. The maximum absolute atomic E-state index is 12.3. The number of hydrogen-bond donors (Lipinski definition) is 0. The van der Waals surface area contributed by atoms with Crippen LogP contribution in [0.25, 0.3) is 0 Å². The lowest BCUT2D eigenvalue weighted by molar-refractivity contribution is 0.340. The molecule has 0 saturated carbocycles. The van der Waals surface area contributed by atoms with Gasteiger partial charge >= 0.3 is 10.1 Å². The lowest BCUT2D eigenvalue weighted by atomic mass is 10.1. The van der Waals surface area contributed by atoms with Crippen LogP contribution in [-0.4, -0.2) is 15.0 Å². The minimum atomic E-state index is -3.85. The summed E-state index contributed by atoms with van der Waals surface area (Å²) >= 11 is 0. The van der Waals surface area contributed by atoms with Gasteiger partial charge in [0.1, 0.15) is 16.4 Å². The van der Waals surface area contributed by atoms with Crippen LogP contribution in [0.3, 0.4) is 0 Å². The van der Waals surface area contributed by atoms with Crippen LogP contribution in [0.1, 0.15) is 18.1 Å². The molecular weight excluding hydrogens is 288 g/mol. The molecule has 2 rings (SSSR count). The Morgan fingerprint density at radius 3 is 2.05 bits per heavy atom. The van der Waals surface area contributed by atoms with Crippen LogP contribution < -0.4 is 8.92 Å². The van der Waals surface area contributed by atoms with Crippen LogP contribution in [0.4, 0.5) is 0 Å². The summed E-state index contributed by atoms with van der Waals surface area (Å²) in [6, 6.07) is 11.7. The quantitative estimate of drug-likeness (QED) is 0.794. The number of ether oxygens (including phenoxy) is 1. The van der Waals surface area contributed by atoms with Gasteiger partial charge in [0.25, 0.3) is 0 Å². The van der Waals surface area contributed by atoms with Crippen LogP contribution >= 0.6 is 0 Å². The van der Waals surface area contributed by atoms with Gasteiger partial charge in [-0.2, -0.15) is 8.42 Å². The Balaban J connectivity index is 2.30. The number of para-hydroxylation sites is 1. The fourth-order valence-electron chi connectivity index (χ4n) is 1.96. The van der Waals surface area contributed by atoms with Gasteiger partial charge < -0.3 is 8.92 Å². The van der Waals surface area contributed by atoms with Crippen molar-refractivity contribution in [3.05, 3.63) is 53.6 Å².